The van der Waals surface area contributed by atoms with Gasteiger partial charge < -0.3 is 9.47 Å². The minimum Gasteiger partial charge on any atom is -0.493 e. The van der Waals surface area contributed by atoms with E-state index in [0.717, 1.165) is 49.5 Å². The lowest BCUT2D eigenvalue weighted by Crippen LogP contribution is -2.37. The molecule has 0 unspecified atom stereocenters. The van der Waals surface area contributed by atoms with Crippen molar-refractivity contribution < 1.29 is 14.3 Å². The molecule has 0 atom stereocenters. The van der Waals surface area contributed by atoms with Crippen LogP contribution in [0.15, 0.2) is 48.5 Å². The summed E-state index contributed by atoms with van der Waals surface area (Å²) >= 11 is 0. The van der Waals surface area contributed by atoms with E-state index >= 15 is 0 Å². The van der Waals surface area contributed by atoms with E-state index in [0.29, 0.717) is 0 Å². The van der Waals surface area contributed by atoms with E-state index in [1.807, 2.05) is 42.5 Å². The predicted molar refractivity (Wildman–Crippen MR) is 98.4 cm³/mol. The van der Waals surface area contributed by atoms with Crippen molar-refractivity contribution in [1.29, 1.82) is 0 Å². The molecule has 3 rings (SSSR count). The Labute approximate surface area is 149 Å². The molecular weight excluding hydrogens is 314 g/mol. The molecule has 132 valence electrons. The van der Waals surface area contributed by atoms with Crippen molar-refractivity contribution in [3.05, 3.63) is 59.7 Å². The fourth-order valence-corrected chi connectivity index (χ4v) is 3.23. The first-order valence-corrected chi connectivity index (χ1v) is 8.77. The molecule has 0 aliphatic carbocycles. The SMILES string of the molecule is COc1ccccc1OC1CCN(Cc2cccc(C(C)=O)c2)CC1. The first-order valence-electron chi connectivity index (χ1n) is 8.77. The van der Waals surface area contributed by atoms with Crippen molar-refractivity contribution in [2.75, 3.05) is 20.2 Å². The van der Waals surface area contributed by atoms with Crippen LogP contribution in [0.1, 0.15) is 35.7 Å². The van der Waals surface area contributed by atoms with Gasteiger partial charge >= 0.3 is 0 Å². The zero-order chi connectivity index (χ0) is 17.6. The summed E-state index contributed by atoms with van der Waals surface area (Å²) in [6.07, 6.45) is 2.20. The number of ether oxygens (including phenoxy) is 2. The van der Waals surface area contributed by atoms with Crippen LogP contribution in [-0.4, -0.2) is 37.0 Å². The molecule has 1 heterocycles. The van der Waals surface area contributed by atoms with Crippen LogP contribution in [0.2, 0.25) is 0 Å². The maximum absolute atomic E-state index is 11.5. The van der Waals surface area contributed by atoms with Gasteiger partial charge in [-0.2, -0.15) is 0 Å². The van der Waals surface area contributed by atoms with Gasteiger partial charge in [0.15, 0.2) is 17.3 Å². The van der Waals surface area contributed by atoms with Crippen LogP contribution in [0.25, 0.3) is 0 Å². The Morgan fingerprint density at radius 1 is 1.08 bits per heavy atom. The highest BCUT2D eigenvalue weighted by molar-refractivity contribution is 5.94. The maximum Gasteiger partial charge on any atom is 0.161 e. The van der Waals surface area contributed by atoms with Crippen LogP contribution >= 0.6 is 0 Å². The Balaban J connectivity index is 1.53. The van der Waals surface area contributed by atoms with E-state index in [4.69, 9.17) is 9.47 Å². The molecule has 4 heteroatoms. The molecule has 4 nitrogen and oxygen atoms in total. The molecular formula is C21H25NO3. The summed E-state index contributed by atoms with van der Waals surface area (Å²) in [6.45, 7) is 4.47. The van der Waals surface area contributed by atoms with Gasteiger partial charge in [-0.15, -0.1) is 0 Å². The third kappa shape index (κ3) is 4.60. The smallest absolute Gasteiger partial charge is 0.161 e. The molecule has 1 fully saturated rings. The molecule has 0 bridgehead atoms. The number of nitrogens with zero attached hydrogens (tertiary/aromatic N) is 1. The van der Waals surface area contributed by atoms with Crippen molar-refractivity contribution in [2.45, 2.75) is 32.4 Å². The van der Waals surface area contributed by atoms with Gasteiger partial charge in [-0.1, -0.05) is 30.3 Å². The minimum atomic E-state index is 0.116. The molecule has 25 heavy (non-hydrogen) atoms. The van der Waals surface area contributed by atoms with Crippen LogP contribution in [-0.2, 0) is 6.54 Å². The molecule has 0 saturated carbocycles. The molecule has 1 aliphatic heterocycles. The Hall–Kier alpha value is -2.33. The summed E-state index contributed by atoms with van der Waals surface area (Å²) in [6, 6.07) is 15.7. The molecule has 0 spiro atoms. The number of ketones is 1. The average Bonchev–Trinajstić information content (AvgIpc) is 2.64. The lowest BCUT2D eigenvalue weighted by Gasteiger charge is -2.32. The van der Waals surface area contributed by atoms with E-state index < -0.39 is 0 Å². The number of benzene rings is 2. The topological polar surface area (TPSA) is 38.8 Å². The molecule has 1 saturated heterocycles. The predicted octanol–water partition coefficient (Wildman–Crippen LogP) is 3.94. The number of likely N-dealkylation sites (tertiary alicyclic amines) is 1. The third-order valence-electron chi connectivity index (χ3n) is 4.64. The van der Waals surface area contributed by atoms with Crippen LogP contribution in [0.4, 0.5) is 0 Å². The number of hydrogen-bond acceptors (Lipinski definition) is 4. The zero-order valence-electron chi connectivity index (χ0n) is 14.9. The summed E-state index contributed by atoms with van der Waals surface area (Å²) in [5.41, 5.74) is 1.98. The van der Waals surface area contributed by atoms with Gasteiger partial charge in [0.05, 0.1) is 7.11 Å². The van der Waals surface area contributed by atoms with Crippen molar-refractivity contribution in [3.8, 4) is 11.5 Å². The average molecular weight is 339 g/mol. The Kier molecular flexibility index (Phi) is 5.71. The Morgan fingerprint density at radius 3 is 2.48 bits per heavy atom. The van der Waals surface area contributed by atoms with Gasteiger partial charge in [0.1, 0.15) is 6.10 Å². The van der Waals surface area contributed by atoms with Crippen molar-refractivity contribution in [2.24, 2.45) is 0 Å². The summed E-state index contributed by atoms with van der Waals surface area (Å²) in [5.74, 6) is 1.72. The number of para-hydroxylation sites is 2. The Bertz CT molecular complexity index is 721. The standard InChI is InChI=1S/C21H25NO3/c1-16(23)18-7-5-6-17(14-18)15-22-12-10-19(11-13-22)25-21-9-4-3-8-20(21)24-2/h3-9,14,19H,10-13,15H2,1-2H3. The van der Waals surface area contributed by atoms with E-state index in [1.165, 1.54) is 5.56 Å². The van der Waals surface area contributed by atoms with Gasteiger partial charge in [-0.05, 0) is 43.5 Å². The lowest BCUT2D eigenvalue weighted by atomic mass is 10.0. The minimum absolute atomic E-state index is 0.116. The second-order valence-electron chi connectivity index (χ2n) is 6.50. The summed E-state index contributed by atoms with van der Waals surface area (Å²) in [5, 5.41) is 0. The first-order chi connectivity index (χ1) is 12.2. The van der Waals surface area contributed by atoms with Crippen LogP contribution in [0.5, 0.6) is 11.5 Å². The third-order valence-corrected chi connectivity index (χ3v) is 4.64. The lowest BCUT2D eigenvalue weighted by molar-refractivity contribution is 0.0943. The van der Waals surface area contributed by atoms with Crippen molar-refractivity contribution in [3.63, 3.8) is 0 Å². The van der Waals surface area contributed by atoms with E-state index in [-0.39, 0.29) is 11.9 Å². The number of carbonyl (C=O) groups is 1. The van der Waals surface area contributed by atoms with Gasteiger partial charge in [0.25, 0.3) is 0 Å². The monoisotopic (exact) mass is 339 g/mol. The summed E-state index contributed by atoms with van der Waals surface area (Å²) < 4.78 is 11.5. The number of rotatable bonds is 6. The fourth-order valence-electron chi connectivity index (χ4n) is 3.23. The number of Topliss-reactive ketones (excluding diaryl/α,β-unsaturated/α-hetero) is 1. The molecule has 0 amide bonds. The number of carbonyl (C=O) groups excluding carboxylic acids is 1. The Morgan fingerprint density at radius 2 is 1.80 bits per heavy atom. The highest BCUT2D eigenvalue weighted by atomic mass is 16.5. The van der Waals surface area contributed by atoms with E-state index in [2.05, 4.69) is 11.0 Å². The molecule has 1 aliphatic rings. The normalized spacial score (nSPS) is 15.8. The molecule has 0 radical (unpaired) electrons. The quantitative estimate of drug-likeness (QED) is 0.747. The highest BCUT2D eigenvalue weighted by Gasteiger charge is 2.21. The molecule has 0 aromatic heterocycles. The van der Waals surface area contributed by atoms with Gasteiger partial charge in [0, 0.05) is 25.2 Å². The molecule has 2 aromatic rings. The second-order valence-corrected chi connectivity index (χ2v) is 6.50. The number of piperidine rings is 1. The van der Waals surface area contributed by atoms with Crippen LogP contribution in [0.3, 0.4) is 0 Å². The summed E-state index contributed by atoms with van der Waals surface area (Å²) in [4.78, 5) is 13.9. The van der Waals surface area contributed by atoms with Crippen molar-refractivity contribution in [1.82, 2.24) is 4.90 Å². The van der Waals surface area contributed by atoms with Gasteiger partial charge in [-0.25, -0.2) is 0 Å². The number of hydrogen-bond donors (Lipinski definition) is 0. The van der Waals surface area contributed by atoms with Crippen LogP contribution < -0.4 is 9.47 Å². The zero-order valence-corrected chi connectivity index (χ0v) is 14.9. The van der Waals surface area contributed by atoms with Crippen LogP contribution in [0, 0.1) is 0 Å². The van der Waals surface area contributed by atoms with E-state index in [9.17, 15) is 4.79 Å². The van der Waals surface area contributed by atoms with Gasteiger partial charge in [-0.3, -0.25) is 9.69 Å². The number of methoxy groups -OCH3 is 1. The second kappa shape index (κ2) is 8.17. The van der Waals surface area contributed by atoms with E-state index in [1.54, 1.807) is 14.0 Å². The first kappa shape index (κ1) is 17.5. The fraction of sp³-hybridized carbons (Fsp3) is 0.381. The highest BCUT2D eigenvalue weighted by Crippen LogP contribution is 2.29. The van der Waals surface area contributed by atoms with Crippen molar-refractivity contribution >= 4 is 5.78 Å². The maximum atomic E-state index is 11.5. The summed E-state index contributed by atoms with van der Waals surface area (Å²) in [7, 11) is 1.67. The largest absolute Gasteiger partial charge is 0.493 e. The molecule has 2 aromatic carbocycles. The van der Waals surface area contributed by atoms with Gasteiger partial charge in [0.2, 0.25) is 0 Å². The molecule has 0 N–H and O–H groups in total.